The van der Waals surface area contributed by atoms with Crippen molar-refractivity contribution in [1.29, 1.82) is 0 Å². The van der Waals surface area contributed by atoms with Crippen LogP contribution in [0.4, 0.5) is 0 Å². The molecule has 0 radical (unpaired) electrons. The largest absolute Gasteiger partial charge is 0.464 e. The van der Waals surface area contributed by atoms with Gasteiger partial charge in [-0.15, -0.1) is 0 Å². The summed E-state index contributed by atoms with van der Waals surface area (Å²) in [5.74, 6) is -0.518. The highest BCUT2D eigenvalue weighted by atomic mass is 16.5. The molecule has 1 aliphatic rings. The van der Waals surface area contributed by atoms with Crippen LogP contribution >= 0.6 is 0 Å². The Hall–Kier alpha value is -1.32. The number of cyclic esters (lactones) is 1. The third-order valence-electron chi connectivity index (χ3n) is 3.50. The zero-order chi connectivity index (χ0) is 14.6. The molecule has 0 aromatic heterocycles. The maximum atomic E-state index is 11.5. The molecule has 1 N–H and O–H groups in total. The van der Waals surface area contributed by atoms with Crippen molar-refractivity contribution in [3.63, 3.8) is 0 Å². The summed E-state index contributed by atoms with van der Waals surface area (Å²) in [4.78, 5) is 22.7. The van der Waals surface area contributed by atoms with Crippen LogP contribution in [0.3, 0.4) is 0 Å². The summed E-state index contributed by atoms with van der Waals surface area (Å²) in [5, 5.41) is 2.65. The van der Waals surface area contributed by atoms with E-state index in [0.717, 1.165) is 12.8 Å². The molecule has 1 amide bonds. The quantitative estimate of drug-likeness (QED) is 0.380. The number of allylic oxidation sites excluding steroid dienone is 1. The van der Waals surface area contributed by atoms with E-state index in [1.54, 1.807) is 0 Å². The van der Waals surface area contributed by atoms with Gasteiger partial charge in [-0.3, -0.25) is 4.79 Å². The first kappa shape index (κ1) is 16.7. The van der Waals surface area contributed by atoms with Crippen molar-refractivity contribution in [2.24, 2.45) is 0 Å². The highest BCUT2D eigenvalue weighted by molar-refractivity contribution is 5.91. The molecule has 1 saturated heterocycles. The summed E-state index contributed by atoms with van der Waals surface area (Å²) in [6.07, 6.45) is 13.8. The fraction of sp³-hybridized carbons (Fsp3) is 0.750. The van der Waals surface area contributed by atoms with Gasteiger partial charge in [0.2, 0.25) is 5.91 Å². The van der Waals surface area contributed by atoms with Crippen molar-refractivity contribution < 1.29 is 14.3 Å². The summed E-state index contributed by atoms with van der Waals surface area (Å²) in [6.45, 7) is 2.63. The second-order valence-corrected chi connectivity index (χ2v) is 5.33. The summed E-state index contributed by atoms with van der Waals surface area (Å²) >= 11 is 0. The Bertz CT molecular complexity index is 326. The molecule has 1 fully saturated rings. The summed E-state index contributed by atoms with van der Waals surface area (Å²) in [6, 6.07) is -0.453. The second-order valence-electron chi connectivity index (χ2n) is 5.33. The minimum absolute atomic E-state index is 0.197. The Morgan fingerprint density at radius 2 is 1.95 bits per heavy atom. The normalized spacial score (nSPS) is 18.4. The Balaban J connectivity index is 1.98. The van der Waals surface area contributed by atoms with Gasteiger partial charge in [0, 0.05) is 6.42 Å². The van der Waals surface area contributed by atoms with E-state index in [2.05, 4.69) is 12.2 Å². The molecule has 1 rings (SSSR count). The molecular formula is C16H27NO3. The molecule has 0 spiro atoms. The fourth-order valence-corrected chi connectivity index (χ4v) is 2.26. The van der Waals surface area contributed by atoms with E-state index in [4.69, 9.17) is 4.74 Å². The first-order chi connectivity index (χ1) is 9.74. The molecule has 0 saturated carbocycles. The van der Waals surface area contributed by atoms with Crippen LogP contribution in [0.1, 0.15) is 64.7 Å². The number of esters is 1. The standard InChI is InChI=1S/C16H27NO3/c1-2-3-4-5-6-7-8-9-10-11-15(18)17-14-12-13-20-16(14)19/h10-11,14H,2-9,12-13H2,1H3,(H,17,18)/b11-10+/t14-/m0/s1. The maximum absolute atomic E-state index is 11.5. The van der Waals surface area contributed by atoms with Gasteiger partial charge >= 0.3 is 5.97 Å². The molecule has 4 heteroatoms. The minimum Gasteiger partial charge on any atom is -0.464 e. The van der Waals surface area contributed by atoms with Crippen molar-refractivity contribution in [3.8, 4) is 0 Å². The van der Waals surface area contributed by atoms with Crippen molar-refractivity contribution in [1.82, 2.24) is 5.32 Å². The third kappa shape index (κ3) is 7.31. The summed E-state index contributed by atoms with van der Waals surface area (Å²) in [7, 11) is 0. The molecule has 1 aliphatic heterocycles. The lowest BCUT2D eigenvalue weighted by atomic mass is 10.1. The van der Waals surface area contributed by atoms with Gasteiger partial charge in [0.05, 0.1) is 6.61 Å². The van der Waals surface area contributed by atoms with Gasteiger partial charge in [0.1, 0.15) is 6.04 Å². The van der Waals surface area contributed by atoms with Gasteiger partial charge in [-0.25, -0.2) is 4.79 Å². The SMILES string of the molecule is CCCCCCCCC/C=C/C(=O)N[C@H]1CCOC1=O. The molecule has 1 atom stereocenters. The van der Waals surface area contributed by atoms with Gasteiger partial charge in [-0.1, -0.05) is 51.5 Å². The van der Waals surface area contributed by atoms with Crippen LogP contribution in [-0.4, -0.2) is 24.5 Å². The van der Waals surface area contributed by atoms with E-state index in [0.29, 0.717) is 13.0 Å². The fourth-order valence-electron chi connectivity index (χ4n) is 2.26. The van der Waals surface area contributed by atoms with Crippen LogP contribution in [0.5, 0.6) is 0 Å². The number of carbonyl (C=O) groups is 2. The van der Waals surface area contributed by atoms with Crippen molar-refractivity contribution >= 4 is 11.9 Å². The first-order valence-corrected chi connectivity index (χ1v) is 7.87. The molecule has 1 heterocycles. The number of hydrogen-bond donors (Lipinski definition) is 1. The molecule has 0 aromatic rings. The van der Waals surface area contributed by atoms with Crippen LogP contribution in [0.2, 0.25) is 0 Å². The number of rotatable bonds is 10. The molecular weight excluding hydrogens is 254 g/mol. The van der Waals surface area contributed by atoms with Crippen LogP contribution in [-0.2, 0) is 14.3 Å². The predicted molar refractivity (Wildman–Crippen MR) is 79.3 cm³/mol. The number of ether oxygens (including phenoxy) is 1. The first-order valence-electron chi connectivity index (χ1n) is 7.87. The van der Waals surface area contributed by atoms with Crippen LogP contribution in [0.15, 0.2) is 12.2 Å². The molecule has 114 valence electrons. The van der Waals surface area contributed by atoms with Crippen molar-refractivity contribution in [2.75, 3.05) is 6.61 Å². The van der Waals surface area contributed by atoms with Crippen LogP contribution in [0, 0.1) is 0 Å². The summed E-state index contributed by atoms with van der Waals surface area (Å²) in [5.41, 5.74) is 0. The van der Waals surface area contributed by atoms with E-state index in [-0.39, 0.29) is 11.9 Å². The highest BCUT2D eigenvalue weighted by Crippen LogP contribution is 2.09. The monoisotopic (exact) mass is 281 g/mol. The number of unbranched alkanes of at least 4 members (excludes halogenated alkanes) is 7. The Labute approximate surface area is 122 Å². The third-order valence-corrected chi connectivity index (χ3v) is 3.50. The lowest BCUT2D eigenvalue weighted by Gasteiger charge is -2.05. The predicted octanol–water partition coefficient (Wildman–Crippen LogP) is 3.12. The maximum Gasteiger partial charge on any atom is 0.328 e. The van der Waals surface area contributed by atoms with Crippen LogP contribution in [0.25, 0.3) is 0 Å². The van der Waals surface area contributed by atoms with E-state index in [1.807, 2.05) is 6.08 Å². The highest BCUT2D eigenvalue weighted by Gasteiger charge is 2.26. The minimum atomic E-state index is -0.453. The lowest BCUT2D eigenvalue weighted by Crippen LogP contribution is -2.36. The zero-order valence-corrected chi connectivity index (χ0v) is 12.5. The molecule has 0 unspecified atom stereocenters. The Kier molecular flexibility index (Phi) is 8.76. The second kappa shape index (κ2) is 10.5. The average molecular weight is 281 g/mol. The van der Waals surface area contributed by atoms with E-state index >= 15 is 0 Å². The number of nitrogens with one attached hydrogen (secondary N) is 1. The van der Waals surface area contributed by atoms with Gasteiger partial charge in [-0.05, 0) is 18.9 Å². The van der Waals surface area contributed by atoms with Gasteiger partial charge < -0.3 is 10.1 Å². The van der Waals surface area contributed by atoms with Gasteiger partial charge in [0.25, 0.3) is 0 Å². The van der Waals surface area contributed by atoms with E-state index in [9.17, 15) is 9.59 Å². The molecule has 0 aliphatic carbocycles. The van der Waals surface area contributed by atoms with Crippen LogP contribution < -0.4 is 5.32 Å². The number of amides is 1. The van der Waals surface area contributed by atoms with Gasteiger partial charge in [0.15, 0.2) is 0 Å². The topological polar surface area (TPSA) is 55.4 Å². The lowest BCUT2D eigenvalue weighted by molar-refractivity contribution is -0.140. The summed E-state index contributed by atoms with van der Waals surface area (Å²) < 4.78 is 4.79. The number of carbonyl (C=O) groups excluding carboxylic acids is 2. The molecule has 4 nitrogen and oxygen atoms in total. The van der Waals surface area contributed by atoms with Gasteiger partial charge in [-0.2, -0.15) is 0 Å². The average Bonchev–Trinajstić information content (AvgIpc) is 2.82. The van der Waals surface area contributed by atoms with Crippen molar-refractivity contribution in [3.05, 3.63) is 12.2 Å². The molecule has 0 aromatic carbocycles. The Morgan fingerprint density at radius 1 is 1.25 bits per heavy atom. The molecule has 0 bridgehead atoms. The zero-order valence-electron chi connectivity index (χ0n) is 12.5. The van der Waals surface area contributed by atoms with Crippen molar-refractivity contribution in [2.45, 2.75) is 70.8 Å². The molecule has 20 heavy (non-hydrogen) atoms. The Morgan fingerprint density at radius 3 is 2.60 bits per heavy atom. The number of hydrogen-bond acceptors (Lipinski definition) is 3. The van der Waals surface area contributed by atoms with E-state index < -0.39 is 6.04 Å². The smallest absolute Gasteiger partial charge is 0.328 e. The van der Waals surface area contributed by atoms with E-state index in [1.165, 1.54) is 44.6 Å².